The van der Waals surface area contributed by atoms with Gasteiger partial charge in [0.2, 0.25) is 15.9 Å². The van der Waals surface area contributed by atoms with Crippen molar-refractivity contribution >= 4 is 15.9 Å². The Morgan fingerprint density at radius 1 is 1.33 bits per heavy atom. The number of aromatic nitrogens is 2. The first-order valence-corrected chi connectivity index (χ1v) is 11.3. The fraction of sp³-hybridized carbons (Fsp3) is 0.526. The van der Waals surface area contributed by atoms with E-state index in [-0.39, 0.29) is 31.5 Å². The van der Waals surface area contributed by atoms with Crippen LogP contribution < -0.4 is 4.74 Å². The monoisotopic (exact) mass is 438 g/mol. The largest absolute Gasteiger partial charge is 0.497 e. The van der Waals surface area contributed by atoms with E-state index in [0.29, 0.717) is 37.0 Å². The molecule has 2 aromatic rings. The fourth-order valence-corrected chi connectivity index (χ4v) is 4.41. The van der Waals surface area contributed by atoms with Crippen LogP contribution in [-0.2, 0) is 39.0 Å². The van der Waals surface area contributed by atoms with Crippen LogP contribution in [0.4, 0.5) is 0 Å². The molecule has 0 spiro atoms. The van der Waals surface area contributed by atoms with Crippen LogP contribution in [0.15, 0.2) is 28.8 Å². The van der Waals surface area contributed by atoms with Gasteiger partial charge in [0.05, 0.1) is 25.8 Å². The van der Waals surface area contributed by atoms with Crippen LogP contribution in [-0.4, -0.2) is 79.8 Å². The molecule has 1 saturated heterocycles. The number of hydrogen-bond donors (Lipinski definition) is 0. The molecule has 11 heteroatoms. The Balaban J connectivity index is 1.55. The summed E-state index contributed by atoms with van der Waals surface area (Å²) in [6, 6.07) is 7.07. The Labute approximate surface area is 175 Å². The number of rotatable bonds is 10. The summed E-state index contributed by atoms with van der Waals surface area (Å²) >= 11 is 0. The number of ether oxygens (including phenoxy) is 2. The molecule has 0 atom stereocenters. The Kier molecular flexibility index (Phi) is 7.06. The summed E-state index contributed by atoms with van der Waals surface area (Å²) in [6.07, 6.45) is 1.72. The fourth-order valence-electron chi connectivity index (χ4n) is 3.31. The molecule has 164 valence electrons. The number of sulfonamides is 1. The number of methoxy groups -OCH3 is 2. The first-order valence-electron chi connectivity index (χ1n) is 9.48. The second kappa shape index (κ2) is 9.54. The van der Waals surface area contributed by atoms with E-state index in [9.17, 15) is 13.2 Å². The van der Waals surface area contributed by atoms with Gasteiger partial charge in [-0.1, -0.05) is 17.3 Å². The van der Waals surface area contributed by atoms with Gasteiger partial charge in [0.25, 0.3) is 5.89 Å². The summed E-state index contributed by atoms with van der Waals surface area (Å²) in [5.41, 5.74) is 0.853. The maximum Gasteiger partial charge on any atom is 0.252 e. The lowest BCUT2D eigenvalue weighted by Crippen LogP contribution is -2.62. The lowest BCUT2D eigenvalue weighted by molar-refractivity contribution is -0.136. The smallest absolute Gasteiger partial charge is 0.252 e. The van der Waals surface area contributed by atoms with E-state index < -0.39 is 10.0 Å². The van der Waals surface area contributed by atoms with Crippen molar-refractivity contribution in [3.63, 3.8) is 0 Å². The molecule has 3 rings (SSSR count). The van der Waals surface area contributed by atoms with E-state index in [1.807, 2.05) is 24.3 Å². The maximum absolute atomic E-state index is 12.5. The Morgan fingerprint density at radius 2 is 2.10 bits per heavy atom. The quantitative estimate of drug-likeness (QED) is 0.526. The lowest BCUT2D eigenvalue weighted by Gasteiger charge is -2.44. The number of carbonyl (C=O) groups is 1. The number of nitrogens with zero attached hydrogens (tertiary/aromatic N) is 4. The van der Waals surface area contributed by atoms with Gasteiger partial charge >= 0.3 is 0 Å². The molecule has 1 fully saturated rings. The van der Waals surface area contributed by atoms with Crippen molar-refractivity contribution in [1.82, 2.24) is 19.3 Å². The van der Waals surface area contributed by atoms with Crippen LogP contribution in [0.5, 0.6) is 5.75 Å². The highest BCUT2D eigenvalue weighted by Crippen LogP contribution is 2.21. The van der Waals surface area contributed by atoms with E-state index in [2.05, 4.69) is 10.1 Å². The second-order valence-corrected chi connectivity index (χ2v) is 9.08. The minimum atomic E-state index is -3.45. The SMILES string of the molecule is COCc1nc(CCN(C2CN(C(=O)Cc3cccc(OC)c3)C2)S(C)(=O)=O)no1. The standard InChI is InChI=1S/C19H26N4O6S/c1-27-13-18-20-17(21-29-18)7-8-23(30(3,25)26)15-11-22(12-15)19(24)10-14-5-4-6-16(9-14)28-2/h4-6,9,15H,7-8,10-13H2,1-3H3. The number of amides is 1. The van der Waals surface area contributed by atoms with Crippen LogP contribution in [0.25, 0.3) is 0 Å². The highest BCUT2D eigenvalue weighted by atomic mass is 32.2. The second-order valence-electron chi connectivity index (χ2n) is 7.14. The number of hydrogen-bond acceptors (Lipinski definition) is 8. The van der Waals surface area contributed by atoms with Gasteiger partial charge in [0, 0.05) is 33.2 Å². The number of carbonyl (C=O) groups excluding carboxylic acids is 1. The predicted molar refractivity (Wildman–Crippen MR) is 107 cm³/mol. The summed E-state index contributed by atoms with van der Waals surface area (Å²) in [5.74, 6) is 1.41. The molecule has 0 radical (unpaired) electrons. The molecule has 1 aliphatic rings. The molecule has 10 nitrogen and oxygen atoms in total. The molecule has 1 aliphatic heterocycles. The molecule has 0 bridgehead atoms. The van der Waals surface area contributed by atoms with Crippen molar-refractivity contribution in [2.75, 3.05) is 40.1 Å². The van der Waals surface area contributed by atoms with Crippen LogP contribution in [0.1, 0.15) is 17.3 Å². The van der Waals surface area contributed by atoms with Gasteiger partial charge in [-0.25, -0.2) is 8.42 Å². The van der Waals surface area contributed by atoms with Gasteiger partial charge in [-0.2, -0.15) is 9.29 Å². The molecule has 0 N–H and O–H groups in total. The van der Waals surface area contributed by atoms with Crippen molar-refractivity contribution in [2.45, 2.75) is 25.5 Å². The van der Waals surface area contributed by atoms with Crippen LogP contribution in [0.2, 0.25) is 0 Å². The zero-order valence-corrected chi connectivity index (χ0v) is 18.1. The Bertz CT molecular complexity index is 971. The lowest BCUT2D eigenvalue weighted by atomic mass is 10.1. The molecule has 1 aromatic carbocycles. The van der Waals surface area contributed by atoms with E-state index in [1.54, 1.807) is 12.0 Å². The molecule has 0 unspecified atom stereocenters. The van der Waals surface area contributed by atoms with E-state index >= 15 is 0 Å². The zero-order valence-electron chi connectivity index (χ0n) is 17.3. The first kappa shape index (κ1) is 22.2. The third-order valence-electron chi connectivity index (χ3n) is 4.87. The molecule has 1 aromatic heterocycles. The van der Waals surface area contributed by atoms with Crippen molar-refractivity contribution in [3.8, 4) is 5.75 Å². The van der Waals surface area contributed by atoms with Gasteiger partial charge in [-0.3, -0.25) is 4.79 Å². The van der Waals surface area contributed by atoms with Gasteiger partial charge in [0.15, 0.2) is 5.82 Å². The summed E-state index contributed by atoms with van der Waals surface area (Å²) in [5, 5.41) is 3.83. The molecule has 1 amide bonds. The summed E-state index contributed by atoms with van der Waals surface area (Å²) in [4.78, 5) is 18.4. The van der Waals surface area contributed by atoms with E-state index in [0.717, 1.165) is 5.56 Å². The van der Waals surface area contributed by atoms with Crippen LogP contribution in [0.3, 0.4) is 0 Å². The Hall–Kier alpha value is -2.50. The molecule has 2 heterocycles. The topological polar surface area (TPSA) is 115 Å². The molecule has 0 saturated carbocycles. The van der Waals surface area contributed by atoms with E-state index in [4.69, 9.17) is 14.0 Å². The zero-order chi connectivity index (χ0) is 21.7. The average molecular weight is 439 g/mol. The molecular weight excluding hydrogens is 412 g/mol. The summed E-state index contributed by atoms with van der Waals surface area (Å²) in [6.45, 7) is 1.14. The summed E-state index contributed by atoms with van der Waals surface area (Å²) < 4.78 is 41.0. The average Bonchev–Trinajstić information content (AvgIpc) is 3.10. The van der Waals surface area contributed by atoms with Crippen molar-refractivity contribution < 1.29 is 27.2 Å². The van der Waals surface area contributed by atoms with Gasteiger partial charge in [0.1, 0.15) is 12.4 Å². The van der Waals surface area contributed by atoms with E-state index in [1.165, 1.54) is 17.7 Å². The van der Waals surface area contributed by atoms with Crippen molar-refractivity contribution in [1.29, 1.82) is 0 Å². The molecular formula is C19H26N4O6S. The highest BCUT2D eigenvalue weighted by Gasteiger charge is 2.38. The van der Waals surface area contributed by atoms with Crippen molar-refractivity contribution in [2.24, 2.45) is 0 Å². The molecule has 30 heavy (non-hydrogen) atoms. The van der Waals surface area contributed by atoms with Gasteiger partial charge in [-0.15, -0.1) is 0 Å². The van der Waals surface area contributed by atoms with Crippen LogP contribution >= 0.6 is 0 Å². The normalized spacial score (nSPS) is 14.7. The number of likely N-dealkylation sites (tertiary alicyclic amines) is 1. The minimum Gasteiger partial charge on any atom is -0.497 e. The maximum atomic E-state index is 12.5. The number of benzene rings is 1. The van der Waals surface area contributed by atoms with Crippen molar-refractivity contribution in [3.05, 3.63) is 41.5 Å². The summed E-state index contributed by atoms with van der Waals surface area (Å²) in [7, 11) is -0.349. The first-order chi connectivity index (χ1) is 14.3. The highest BCUT2D eigenvalue weighted by molar-refractivity contribution is 7.88. The van der Waals surface area contributed by atoms with Gasteiger partial charge < -0.3 is 18.9 Å². The molecule has 0 aliphatic carbocycles. The third kappa shape index (κ3) is 5.55. The third-order valence-corrected chi connectivity index (χ3v) is 6.20. The Morgan fingerprint density at radius 3 is 2.77 bits per heavy atom. The van der Waals surface area contributed by atoms with Crippen LogP contribution in [0, 0.1) is 0 Å². The minimum absolute atomic E-state index is 0.0460. The predicted octanol–water partition coefficient (Wildman–Crippen LogP) is 0.482. The van der Waals surface area contributed by atoms with Gasteiger partial charge in [-0.05, 0) is 17.7 Å².